The fraction of sp³-hybridized carbons (Fsp3) is 0.188. The second-order valence-corrected chi connectivity index (χ2v) is 16.7. The van der Waals surface area contributed by atoms with Gasteiger partial charge in [-0.25, -0.2) is 0 Å². The van der Waals surface area contributed by atoms with Crippen LogP contribution in [0.2, 0.25) is 5.02 Å². The van der Waals surface area contributed by atoms with Gasteiger partial charge in [0, 0.05) is 46.7 Å². The maximum absolute atomic E-state index is 13.7. The molecule has 67 heavy (non-hydrogen) atoms. The lowest BCUT2D eigenvalue weighted by molar-refractivity contribution is -0.136. The van der Waals surface area contributed by atoms with Crippen molar-refractivity contribution in [3.05, 3.63) is 159 Å². The van der Waals surface area contributed by atoms with E-state index < -0.39 is 48.7 Å². The van der Waals surface area contributed by atoms with Crippen LogP contribution >= 0.6 is 11.6 Å². The van der Waals surface area contributed by atoms with E-state index in [2.05, 4.69) is 26.1 Å². The van der Waals surface area contributed by atoms with Crippen molar-refractivity contribution >= 4 is 65.3 Å². The van der Waals surface area contributed by atoms with Crippen molar-refractivity contribution in [2.45, 2.75) is 51.4 Å². The molecule has 10 rings (SSSR count). The van der Waals surface area contributed by atoms with Crippen LogP contribution in [0.15, 0.2) is 108 Å². The maximum Gasteiger partial charge on any atom is 0.632 e. The molecule has 4 aliphatic rings. The summed E-state index contributed by atoms with van der Waals surface area (Å²) in [6.45, 7) is 1.99. The summed E-state index contributed by atoms with van der Waals surface area (Å²) in [4.78, 5) is 83.9. The van der Waals surface area contributed by atoms with Crippen LogP contribution in [0.3, 0.4) is 0 Å². The lowest BCUT2D eigenvalue weighted by Crippen LogP contribution is -2.54. The Kier molecular flexibility index (Phi) is 11.1. The normalized spacial score (nSPS) is 17.0. The zero-order valence-electron chi connectivity index (χ0n) is 35.9. The predicted octanol–water partition coefficient (Wildman–Crippen LogP) is 4.33. The number of amides is 6. The molecule has 17 nitrogen and oxygen atoms in total. The van der Waals surface area contributed by atoms with Crippen molar-refractivity contribution in [2.24, 2.45) is 4.99 Å². The zero-order valence-corrected chi connectivity index (χ0v) is 36.6. The number of fused-ring (bicyclic) bond motifs is 5. The number of aromatic nitrogens is 3. The van der Waals surface area contributed by atoms with Crippen LogP contribution in [-0.2, 0) is 27.5 Å². The molecule has 5 heterocycles. The summed E-state index contributed by atoms with van der Waals surface area (Å²) in [5.41, 5.74) is 5.45. The van der Waals surface area contributed by atoms with Crippen molar-refractivity contribution in [3.63, 3.8) is 0 Å². The fourth-order valence-corrected chi connectivity index (χ4v) is 8.80. The number of carbonyl (C=O) groups is 6. The van der Waals surface area contributed by atoms with E-state index in [1.165, 1.54) is 6.07 Å². The largest absolute Gasteiger partial charge is 0.632 e. The first-order valence-corrected chi connectivity index (χ1v) is 21.7. The van der Waals surface area contributed by atoms with Crippen molar-refractivity contribution in [1.82, 2.24) is 35.6 Å². The SMILES string of the molecule is COc1ccc2c(c1)C(c1ccc(Cl)cc1)=N[C@@H](CC(=O)NCc1ccc3c(c1)OB(c1ccc(C(=O)NCc4cccc5c4C(=O)N(C4CCC(=O)NC4=O)C5=O)cc1)O3)c1nnc(C)n1-2. The van der Waals surface area contributed by atoms with Crippen molar-refractivity contribution in [3.8, 4) is 22.9 Å². The van der Waals surface area contributed by atoms with Gasteiger partial charge in [-0.05, 0) is 85.1 Å². The van der Waals surface area contributed by atoms with Gasteiger partial charge in [-0.15, -0.1) is 10.2 Å². The van der Waals surface area contributed by atoms with Crippen molar-refractivity contribution < 1.29 is 42.8 Å². The monoisotopic (exact) mass is 916 g/mol. The molecule has 4 aliphatic heterocycles. The molecule has 5 aromatic carbocycles. The number of imide groups is 2. The van der Waals surface area contributed by atoms with Crippen LogP contribution in [0.5, 0.6) is 17.2 Å². The Morgan fingerprint density at radius 2 is 1.66 bits per heavy atom. The van der Waals surface area contributed by atoms with E-state index in [9.17, 15) is 28.8 Å². The van der Waals surface area contributed by atoms with Gasteiger partial charge in [-0.2, -0.15) is 0 Å². The van der Waals surface area contributed by atoms with E-state index in [0.717, 1.165) is 27.3 Å². The maximum atomic E-state index is 13.7. The Bertz CT molecular complexity index is 3100. The van der Waals surface area contributed by atoms with Crippen LogP contribution in [-0.4, -0.2) is 81.1 Å². The van der Waals surface area contributed by atoms with Crippen LogP contribution in [0.1, 0.15) is 90.3 Å². The molecule has 1 aromatic heterocycles. The minimum absolute atomic E-state index is 0.00768. The molecule has 3 N–H and O–H groups in total. The summed E-state index contributed by atoms with van der Waals surface area (Å²) in [6, 6.07) is 28.1. The van der Waals surface area contributed by atoms with Gasteiger partial charge < -0.3 is 24.7 Å². The Morgan fingerprint density at radius 3 is 2.43 bits per heavy atom. The molecular formula is C48H38BClN8O9. The second kappa shape index (κ2) is 17.4. The number of aryl methyl sites for hydroxylation is 1. The van der Waals surface area contributed by atoms with Crippen molar-refractivity contribution in [1.29, 1.82) is 0 Å². The van der Waals surface area contributed by atoms with E-state index in [-0.39, 0.29) is 49.4 Å². The highest BCUT2D eigenvalue weighted by atomic mass is 35.5. The number of methoxy groups -OCH3 is 1. The number of nitrogens with one attached hydrogen (secondary N) is 3. The molecule has 1 unspecified atom stereocenters. The molecule has 6 aromatic rings. The molecule has 0 radical (unpaired) electrons. The van der Waals surface area contributed by atoms with Gasteiger partial charge in [0.1, 0.15) is 35.2 Å². The summed E-state index contributed by atoms with van der Waals surface area (Å²) < 4.78 is 19.7. The highest BCUT2D eigenvalue weighted by Crippen LogP contribution is 2.36. The number of benzene rings is 5. The van der Waals surface area contributed by atoms with E-state index in [1.54, 1.807) is 67.8 Å². The summed E-state index contributed by atoms with van der Waals surface area (Å²) >= 11 is 6.25. The highest BCUT2D eigenvalue weighted by Gasteiger charge is 2.45. The van der Waals surface area contributed by atoms with Crippen LogP contribution in [0, 0.1) is 6.92 Å². The van der Waals surface area contributed by atoms with E-state index in [4.69, 9.17) is 30.6 Å². The standard InChI is InChI=1S/C48H38BClN8O9/c1-25-55-56-44-35(53-43(27-9-13-31(50)14-10-27)34-21-32(65-2)15-16-36(34)57(25)44)22-41(60)51-23-26-6-18-38-39(20-26)67-49(66-38)30-11-7-28(8-12-30)45(61)52-24-29-4-3-5-33-42(29)48(64)58(47(33)63)37-17-19-40(59)54-46(37)62/h3-16,18,20-21,35,37H,17,19,22-24H2,1-2H3,(H,51,60)(H,52,61)(H,54,59,62)/t35-,37?/m0/s1. The number of ether oxygens (including phenoxy) is 1. The van der Waals surface area contributed by atoms with Gasteiger partial charge in [0.25, 0.3) is 17.7 Å². The molecule has 1 saturated heterocycles. The quantitative estimate of drug-likeness (QED) is 0.123. The van der Waals surface area contributed by atoms with Crippen molar-refractivity contribution in [2.75, 3.05) is 7.11 Å². The molecule has 0 aliphatic carbocycles. The van der Waals surface area contributed by atoms with Gasteiger partial charge in [-0.3, -0.25) is 48.5 Å². The Balaban J connectivity index is 0.771. The molecule has 0 spiro atoms. The minimum Gasteiger partial charge on any atom is -0.519 e. The van der Waals surface area contributed by atoms with Gasteiger partial charge in [0.2, 0.25) is 17.7 Å². The number of piperidine rings is 1. The summed E-state index contributed by atoms with van der Waals surface area (Å²) in [5, 5.41) is 17.4. The van der Waals surface area contributed by atoms with Gasteiger partial charge in [0.05, 0.1) is 36.1 Å². The number of nitrogens with zero attached hydrogens (tertiary/aromatic N) is 5. The number of hydrogen-bond donors (Lipinski definition) is 3. The number of carbonyl (C=O) groups excluding carboxylic acids is 6. The summed E-state index contributed by atoms with van der Waals surface area (Å²) in [5.74, 6) is -0.320. The zero-order chi connectivity index (χ0) is 46.5. The van der Waals surface area contributed by atoms with Gasteiger partial charge in [0.15, 0.2) is 5.82 Å². The average Bonchev–Trinajstić information content (AvgIpc) is 3.99. The molecule has 0 saturated carbocycles. The predicted molar refractivity (Wildman–Crippen MR) is 243 cm³/mol. The first kappa shape index (κ1) is 42.8. The molecule has 2 atom stereocenters. The first-order chi connectivity index (χ1) is 32.4. The lowest BCUT2D eigenvalue weighted by atomic mass is 9.79. The van der Waals surface area contributed by atoms with Crippen LogP contribution in [0.4, 0.5) is 0 Å². The number of rotatable bonds is 11. The van der Waals surface area contributed by atoms with Crippen LogP contribution < -0.4 is 35.5 Å². The molecule has 334 valence electrons. The molecule has 6 amide bonds. The van der Waals surface area contributed by atoms with Gasteiger partial charge in [-0.1, -0.05) is 54.1 Å². The number of aliphatic imine (C=N–C) groups is 1. The second-order valence-electron chi connectivity index (χ2n) is 16.2. The lowest BCUT2D eigenvalue weighted by Gasteiger charge is -2.27. The van der Waals surface area contributed by atoms with E-state index >= 15 is 0 Å². The third-order valence-corrected chi connectivity index (χ3v) is 12.3. The average molecular weight is 917 g/mol. The van der Waals surface area contributed by atoms with E-state index in [0.29, 0.717) is 56.2 Å². The van der Waals surface area contributed by atoms with Gasteiger partial charge >= 0.3 is 7.12 Å². The highest BCUT2D eigenvalue weighted by molar-refractivity contribution is 6.63. The minimum atomic E-state index is -1.10. The number of halogens is 1. The third-order valence-electron chi connectivity index (χ3n) is 12.0. The Hall–Kier alpha value is -8.12. The third kappa shape index (κ3) is 8.05. The number of hydrogen-bond acceptors (Lipinski definition) is 12. The van der Waals surface area contributed by atoms with Crippen LogP contribution in [0.25, 0.3) is 5.69 Å². The topological polar surface area (TPSA) is 213 Å². The summed E-state index contributed by atoms with van der Waals surface area (Å²) in [6.07, 6.45) is 0.0315. The molecule has 19 heteroatoms. The van der Waals surface area contributed by atoms with E-state index in [1.807, 2.05) is 47.9 Å². The summed E-state index contributed by atoms with van der Waals surface area (Å²) in [7, 11) is 0.803. The molecule has 1 fully saturated rings. The Labute approximate surface area is 387 Å². The Morgan fingerprint density at radius 1 is 0.866 bits per heavy atom. The fourth-order valence-electron chi connectivity index (χ4n) is 8.67. The smallest absolute Gasteiger partial charge is 0.519 e. The molecule has 0 bridgehead atoms. The molecular weight excluding hydrogens is 879 g/mol. The first-order valence-electron chi connectivity index (χ1n) is 21.3.